The Kier molecular flexibility index (Phi) is 9.97. The van der Waals surface area contributed by atoms with E-state index in [1.807, 2.05) is 42.5 Å². The maximum absolute atomic E-state index is 13.0. The van der Waals surface area contributed by atoms with E-state index in [-0.39, 0.29) is 37.3 Å². The Morgan fingerprint density at radius 1 is 1.13 bits per heavy atom. The number of H-pyrrole nitrogens is 1. The zero-order valence-corrected chi connectivity index (χ0v) is 17.8. The molecule has 30 heavy (non-hydrogen) atoms. The van der Waals surface area contributed by atoms with E-state index in [0.29, 0.717) is 12.2 Å². The zero-order valence-electron chi connectivity index (χ0n) is 16.2. The van der Waals surface area contributed by atoms with Gasteiger partial charge < -0.3 is 5.11 Å². The molecular weight excluding hydrogens is 429 g/mol. The number of carboxylic acid groups (broad SMARTS) is 1. The summed E-state index contributed by atoms with van der Waals surface area (Å²) >= 11 is 0. The maximum Gasteiger partial charge on any atom is 0.317 e. The maximum atomic E-state index is 13.0. The minimum atomic E-state index is -1.02. The van der Waals surface area contributed by atoms with Crippen molar-refractivity contribution in [2.24, 2.45) is 0 Å². The average Bonchev–Trinajstić information content (AvgIpc) is 3.21. The number of carboxylic acids is 1. The first-order valence-corrected chi connectivity index (χ1v) is 8.77. The fourth-order valence-electron chi connectivity index (χ4n) is 2.82. The van der Waals surface area contributed by atoms with Crippen molar-refractivity contribution >= 4 is 42.5 Å². The average molecular weight is 452 g/mol. The highest BCUT2D eigenvalue weighted by atomic mass is 35.5. The Morgan fingerprint density at radius 3 is 2.43 bits per heavy atom. The molecule has 0 saturated carbocycles. The number of anilines is 1. The quantitative estimate of drug-likeness (QED) is 0.485. The molecule has 10 heteroatoms. The topological polar surface area (TPSA) is 111 Å². The number of pyridine rings is 1. The molecule has 1 amide bonds. The van der Waals surface area contributed by atoms with Crippen LogP contribution in [0.5, 0.6) is 0 Å². The molecule has 3 rings (SSSR count). The second kappa shape index (κ2) is 11.9. The molecule has 1 atom stereocenters. The van der Waals surface area contributed by atoms with Crippen LogP contribution in [0.4, 0.5) is 5.82 Å². The Bertz CT molecular complexity index is 938. The third-order valence-electron chi connectivity index (χ3n) is 4.31. The summed E-state index contributed by atoms with van der Waals surface area (Å²) in [6.07, 6.45) is 3.73. The molecule has 3 N–H and O–H groups in total. The van der Waals surface area contributed by atoms with E-state index in [4.69, 9.17) is 5.11 Å². The van der Waals surface area contributed by atoms with Crippen molar-refractivity contribution < 1.29 is 14.7 Å². The standard InChI is InChI=1S/C20H21N5O3.2ClH/c1-25(18-12-16(23-24-18)15-7-9-21-10-8-15)20(28)17(22-13-19(26)27)11-14-5-3-2-4-6-14;;/h2-10,12,17,22H,11,13H2,1H3,(H,23,24)(H,26,27);2*1H. The summed E-state index contributed by atoms with van der Waals surface area (Å²) in [4.78, 5) is 29.4. The molecule has 0 spiro atoms. The fourth-order valence-corrected chi connectivity index (χ4v) is 2.82. The van der Waals surface area contributed by atoms with Crippen LogP contribution in [0.25, 0.3) is 11.3 Å². The van der Waals surface area contributed by atoms with E-state index in [0.717, 1.165) is 16.8 Å². The van der Waals surface area contributed by atoms with Gasteiger partial charge in [0.05, 0.1) is 18.3 Å². The number of amides is 1. The molecule has 0 aliphatic heterocycles. The van der Waals surface area contributed by atoms with Crippen LogP contribution >= 0.6 is 24.8 Å². The molecule has 0 aliphatic rings. The molecule has 160 valence electrons. The number of nitrogens with zero attached hydrogens (tertiary/aromatic N) is 3. The van der Waals surface area contributed by atoms with Crippen molar-refractivity contribution in [2.75, 3.05) is 18.5 Å². The van der Waals surface area contributed by atoms with Crippen LogP contribution in [0.1, 0.15) is 5.56 Å². The normalized spacial score (nSPS) is 11.0. The van der Waals surface area contributed by atoms with E-state index in [1.165, 1.54) is 4.90 Å². The van der Waals surface area contributed by atoms with Crippen LogP contribution in [-0.4, -0.2) is 51.8 Å². The van der Waals surface area contributed by atoms with Crippen molar-refractivity contribution in [3.8, 4) is 11.3 Å². The molecule has 1 aromatic carbocycles. The van der Waals surface area contributed by atoms with Crippen molar-refractivity contribution in [2.45, 2.75) is 12.5 Å². The van der Waals surface area contributed by atoms with Crippen LogP contribution in [0.3, 0.4) is 0 Å². The predicted molar refractivity (Wildman–Crippen MR) is 119 cm³/mol. The van der Waals surface area contributed by atoms with Gasteiger partial charge in [0.1, 0.15) is 0 Å². The van der Waals surface area contributed by atoms with Crippen molar-refractivity contribution in [3.63, 3.8) is 0 Å². The zero-order chi connectivity index (χ0) is 19.9. The fraction of sp³-hybridized carbons (Fsp3) is 0.200. The molecule has 0 bridgehead atoms. The van der Waals surface area contributed by atoms with Gasteiger partial charge >= 0.3 is 5.97 Å². The van der Waals surface area contributed by atoms with Crippen LogP contribution in [0.2, 0.25) is 0 Å². The van der Waals surface area contributed by atoms with E-state index in [2.05, 4.69) is 20.5 Å². The van der Waals surface area contributed by atoms with Gasteiger partial charge in [-0.1, -0.05) is 30.3 Å². The largest absolute Gasteiger partial charge is 0.480 e. The Morgan fingerprint density at radius 2 is 1.80 bits per heavy atom. The second-order valence-electron chi connectivity index (χ2n) is 6.29. The second-order valence-corrected chi connectivity index (χ2v) is 6.29. The van der Waals surface area contributed by atoms with E-state index >= 15 is 0 Å². The van der Waals surface area contributed by atoms with Crippen LogP contribution in [0.15, 0.2) is 60.9 Å². The third kappa shape index (κ3) is 6.55. The van der Waals surface area contributed by atoms with Gasteiger partial charge in [0.25, 0.3) is 0 Å². The van der Waals surface area contributed by atoms with Gasteiger partial charge in [0, 0.05) is 31.1 Å². The lowest BCUT2D eigenvalue weighted by Gasteiger charge is -2.22. The molecule has 0 saturated heterocycles. The number of carbonyl (C=O) groups is 2. The lowest BCUT2D eigenvalue weighted by atomic mass is 10.0. The molecule has 0 radical (unpaired) electrons. The smallest absolute Gasteiger partial charge is 0.317 e. The first-order chi connectivity index (χ1) is 13.5. The Labute approximate surface area is 186 Å². The number of aliphatic carboxylic acids is 1. The number of hydrogen-bond acceptors (Lipinski definition) is 5. The molecule has 3 aromatic rings. The number of hydrogen-bond donors (Lipinski definition) is 3. The summed E-state index contributed by atoms with van der Waals surface area (Å²) in [7, 11) is 1.62. The number of benzene rings is 1. The van der Waals surface area contributed by atoms with Gasteiger partial charge in [0.15, 0.2) is 5.82 Å². The number of aromatic nitrogens is 3. The molecule has 2 aromatic heterocycles. The number of likely N-dealkylation sites (N-methyl/N-ethyl adjacent to an activating group) is 1. The monoisotopic (exact) mass is 451 g/mol. The summed E-state index contributed by atoms with van der Waals surface area (Å²) in [5.41, 5.74) is 2.60. The molecule has 0 fully saturated rings. The number of rotatable bonds is 8. The summed E-state index contributed by atoms with van der Waals surface area (Å²) in [6.45, 7) is -0.306. The van der Waals surface area contributed by atoms with Gasteiger partial charge in [-0.2, -0.15) is 5.10 Å². The first kappa shape index (κ1) is 25.1. The van der Waals surface area contributed by atoms with Gasteiger partial charge in [-0.25, -0.2) is 0 Å². The summed E-state index contributed by atoms with van der Waals surface area (Å²) in [5.74, 6) is -0.835. The number of nitrogens with one attached hydrogen (secondary N) is 2. The van der Waals surface area contributed by atoms with Crippen LogP contribution < -0.4 is 10.2 Å². The number of carbonyl (C=O) groups excluding carboxylic acids is 1. The molecular formula is C20H23Cl2N5O3. The van der Waals surface area contributed by atoms with Crippen LogP contribution in [-0.2, 0) is 16.0 Å². The number of aromatic amines is 1. The van der Waals surface area contributed by atoms with Gasteiger partial charge in [0.2, 0.25) is 5.91 Å². The lowest BCUT2D eigenvalue weighted by molar-refractivity contribution is -0.136. The number of halogens is 2. The summed E-state index contributed by atoms with van der Waals surface area (Å²) < 4.78 is 0. The van der Waals surface area contributed by atoms with Crippen molar-refractivity contribution in [1.82, 2.24) is 20.5 Å². The Balaban J connectivity index is 0.00000225. The molecule has 1 unspecified atom stereocenters. The van der Waals surface area contributed by atoms with E-state index in [9.17, 15) is 9.59 Å². The van der Waals surface area contributed by atoms with Crippen molar-refractivity contribution in [1.29, 1.82) is 0 Å². The molecule has 2 heterocycles. The highest BCUT2D eigenvalue weighted by Crippen LogP contribution is 2.21. The van der Waals surface area contributed by atoms with Crippen LogP contribution in [0, 0.1) is 0 Å². The van der Waals surface area contributed by atoms with Gasteiger partial charge in [-0.15, -0.1) is 24.8 Å². The van der Waals surface area contributed by atoms with Gasteiger partial charge in [-0.3, -0.25) is 29.9 Å². The minimum absolute atomic E-state index is 0. The first-order valence-electron chi connectivity index (χ1n) is 8.77. The third-order valence-corrected chi connectivity index (χ3v) is 4.31. The molecule has 8 nitrogen and oxygen atoms in total. The highest BCUT2D eigenvalue weighted by molar-refractivity contribution is 5.96. The van der Waals surface area contributed by atoms with E-state index < -0.39 is 12.0 Å². The predicted octanol–water partition coefficient (Wildman–Crippen LogP) is 2.56. The highest BCUT2D eigenvalue weighted by Gasteiger charge is 2.25. The Hall–Kier alpha value is -2.94. The summed E-state index contributed by atoms with van der Waals surface area (Å²) in [6, 6.07) is 14.2. The van der Waals surface area contributed by atoms with Gasteiger partial charge in [-0.05, 0) is 24.1 Å². The van der Waals surface area contributed by atoms with Crippen molar-refractivity contribution in [3.05, 3.63) is 66.5 Å². The van der Waals surface area contributed by atoms with E-state index in [1.54, 1.807) is 25.5 Å². The lowest BCUT2D eigenvalue weighted by Crippen LogP contribution is -2.48. The summed E-state index contributed by atoms with van der Waals surface area (Å²) in [5, 5.41) is 18.9. The minimum Gasteiger partial charge on any atom is -0.480 e. The SMILES string of the molecule is CN(C(=O)C(Cc1ccccc1)NCC(=O)O)c1cc(-c2ccncc2)[nH]n1.Cl.Cl. The molecule has 0 aliphatic carbocycles.